The maximum atomic E-state index is 10.6. The Labute approximate surface area is 154 Å². The first kappa shape index (κ1) is 20.9. The van der Waals surface area contributed by atoms with E-state index >= 15 is 0 Å². The summed E-state index contributed by atoms with van der Waals surface area (Å²) in [6.07, 6.45) is -4.29. The monoisotopic (exact) mass is 385 g/mol. The van der Waals surface area contributed by atoms with E-state index in [2.05, 4.69) is 60.6 Å². The Hall–Kier alpha value is -2.42. The molecule has 9 heteroatoms. The molecule has 1 saturated heterocycles. The number of carboxylic acids is 1. The summed E-state index contributed by atoms with van der Waals surface area (Å²) in [5.74, 6) is -0.780. The normalized spacial score (nSPS) is 14.9. The number of rotatable bonds is 3. The number of aromatic nitrogens is 2. The Morgan fingerprint density at radius 1 is 1.19 bits per heavy atom. The van der Waals surface area contributed by atoms with Crippen molar-refractivity contribution >= 4 is 5.97 Å². The van der Waals surface area contributed by atoms with Crippen LogP contribution in [-0.4, -0.2) is 40.5 Å². The van der Waals surface area contributed by atoms with Gasteiger partial charge in [0, 0.05) is 31.0 Å². The minimum Gasteiger partial charge on any atom is -0.475 e. The van der Waals surface area contributed by atoms with Gasteiger partial charge in [0.05, 0.1) is 0 Å². The van der Waals surface area contributed by atoms with Crippen LogP contribution in [0.4, 0.5) is 13.2 Å². The van der Waals surface area contributed by atoms with E-state index in [1.54, 1.807) is 0 Å². The van der Waals surface area contributed by atoms with Gasteiger partial charge in [0.1, 0.15) is 0 Å². The molecule has 1 aromatic heterocycles. The maximum Gasteiger partial charge on any atom is 0.490 e. The van der Waals surface area contributed by atoms with E-state index < -0.39 is 12.1 Å². The van der Waals surface area contributed by atoms with Crippen molar-refractivity contribution < 1.29 is 27.5 Å². The molecule has 0 spiro atoms. The Morgan fingerprint density at radius 2 is 1.74 bits per heavy atom. The molecule has 1 aromatic carbocycles. The number of halogens is 3. The van der Waals surface area contributed by atoms with Crippen LogP contribution in [0.1, 0.15) is 38.1 Å². The quantitative estimate of drug-likeness (QED) is 0.839. The molecule has 0 radical (unpaired) electrons. The van der Waals surface area contributed by atoms with Gasteiger partial charge in [0.25, 0.3) is 0 Å². The highest BCUT2D eigenvalue weighted by Gasteiger charge is 2.38. The molecule has 2 aromatic rings. The molecule has 148 valence electrons. The van der Waals surface area contributed by atoms with E-state index in [0.29, 0.717) is 17.7 Å². The number of aliphatic carboxylic acids is 1. The van der Waals surface area contributed by atoms with Crippen molar-refractivity contribution in [2.45, 2.75) is 39.3 Å². The van der Waals surface area contributed by atoms with E-state index in [1.165, 1.54) is 5.56 Å². The Balaban J connectivity index is 0.000000321. The average Bonchev–Trinajstić information content (AvgIpc) is 2.92. The summed E-state index contributed by atoms with van der Waals surface area (Å²) in [6.45, 7) is 8.65. The fourth-order valence-electron chi connectivity index (χ4n) is 2.32. The first-order chi connectivity index (χ1) is 12.5. The van der Waals surface area contributed by atoms with Crippen LogP contribution in [0.3, 0.4) is 0 Å². The lowest BCUT2D eigenvalue weighted by Crippen LogP contribution is -2.39. The van der Waals surface area contributed by atoms with Crippen molar-refractivity contribution in [2.24, 2.45) is 5.41 Å². The van der Waals surface area contributed by atoms with Gasteiger partial charge < -0.3 is 14.8 Å². The van der Waals surface area contributed by atoms with Gasteiger partial charge in [-0.15, -0.1) is 10.2 Å². The Bertz CT molecular complexity index is 761. The lowest BCUT2D eigenvalue weighted by atomic mass is 9.92. The van der Waals surface area contributed by atoms with Gasteiger partial charge in [0.15, 0.2) is 0 Å². The molecule has 2 N–H and O–H groups in total. The highest BCUT2D eigenvalue weighted by atomic mass is 19.4. The number of nitrogens with one attached hydrogen (secondary N) is 1. The van der Waals surface area contributed by atoms with E-state index in [-0.39, 0.29) is 5.41 Å². The molecule has 0 amide bonds. The fraction of sp³-hybridized carbons (Fsp3) is 0.500. The smallest absolute Gasteiger partial charge is 0.475 e. The molecule has 27 heavy (non-hydrogen) atoms. The molecule has 1 fully saturated rings. The van der Waals surface area contributed by atoms with Crippen molar-refractivity contribution in [3.63, 3.8) is 0 Å². The Morgan fingerprint density at radius 3 is 2.15 bits per heavy atom. The standard InChI is InChI=1S/C16H21N3O.C2HF3O2/c1-16(2,3)8-14-18-19-15(20-14)12-6-4-11(5-7-12)13-9-17-10-13;3-2(4,5)1(6)7/h4-7,13,17H,8-10H2,1-3H3;(H,6,7). The van der Waals surface area contributed by atoms with Crippen LogP contribution < -0.4 is 5.32 Å². The SMILES string of the molecule is CC(C)(C)Cc1nnc(-c2ccc(C3CNC3)cc2)o1.O=C(O)C(F)(F)F. The van der Waals surface area contributed by atoms with Crippen molar-refractivity contribution in [2.75, 3.05) is 13.1 Å². The Kier molecular flexibility index (Phi) is 6.25. The predicted octanol–water partition coefficient (Wildman–Crippen LogP) is 3.65. The van der Waals surface area contributed by atoms with Crippen LogP contribution in [-0.2, 0) is 11.2 Å². The van der Waals surface area contributed by atoms with Gasteiger partial charge in [-0.25, -0.2) is 4.79 Å². The zero-order chi connectivity index (χ0) is 20.2. The second-order valence-electron chi connectivity index (χ2n) is 7.52. The summed E-state index contributed by atoms with van der Waals surface area (Å²) in [5.41, 5.74) is 2.53. The molecular weight excluding hydrogens is 363 g/mol. The van der Waals surface area contributed by atoms with Gasteiger partial charge in [-0.2, -0.15) is 13.2 Å². The van der Waals surface area contributed by atoms with Crippen LogP contribution in [0, 0.1) is 5.41 Å². The number of benzene rings is 1. The van der Waals surface area contributed by atoms with Gasteiger partial charge in [0.2, 0.25) is 11.8 Å². The summed E-state index contributed by atoms with van der Waals surface area (Å²) in [4.78, 5) is 8.90. The highest BCUT2D eigenvalue weighted by Crippen LogP contribution is 2.26. The van der Waals surface area contributed by atoms with Crippen molar-refractivity contribution in [3.05, 3.63) is 35.7 Å². The first-order valence-electron chi connectivity index (χ1n) is 8.39. The van der Waals surface area contributed by atoms with E-state index in [9.17, 15) is 13.2 Å². The lowest BCUT2D eigenvalue weighted by Gasteiger charge is -2.27. The molecule has 2 heterocycles. The molecule has 6 nitrogen and oxygen atoms in total. The zero-order valence-corrected chi connectivity index (χ0v) is 15.3. The first-order valence-corrected chi connectivity index (χ1v) is 8.39. The molecule has 1 aliphatic rings. The second kappa shape index (κ2) is 8.08. The molecular formula is C18H22F3N3O3. The molecule has 0 aliphatic carbocycles. The third-order valence-corrected chi connectivity index (χ3v) is 3.80. The summed E-state index contributed by atoms with van der Waals surface area (Å²) >= 11 is 0. The third-order valence-electron chi connectivity index (χ3n) is 3.80. The number of carbonyl (C=O) groups is 1. The van der Waals surface area contributed by atoms with E-state index in [1.807, 2.05) is 0 Å². The second-order valence-corrected chi connectivity index (χ2v) is 7.52. The summed E-state index contributed by atoms with van der Waals surface area (Å²) in [7, 11) is 0. The number of carboxylic acid groups (broad SMARTS) is 1. The maximum absolute atomic E-state index is 10.6. The zero-order valence-electron chi connectivity index (χ0n) is 15.3. The van der Waals surface area contributed by atoms with Crippen LogP contribution in [0.2, 0.25) is 0 Å². The lowest BCUT2D eigenvalue weighted by molar-refractivity contribution is -0.192. The predicted molar refractivity (Wildman–Crippen MR) is 92.2 cm³/mol. The number of hydrogen-bond acceptors (Lipinski definition) is 5. The average molecular weight is 385 g/mol. The van der Waals surface area contributed by atoms with Crippen molar-refractivity contribution in [1.82, 2.24) is 15.5 Å². The van der Waals surface area contributed by atoms with Crippen LogP contribution in [0.15, 0.2) is 28.7 Å². The number of alkyl halides is 3. The van der Waals surface area contributed by atoms with E-state index in [0.717, 1.165) is 25.1 Å². The molecule has 0 bridgehead atoms. The molecule has 0 unspecified atom stereocenters. The number of hydrogen-bond donors (Lipinski definition) is 2. The van der Waals surface area contributed by atoms with Crippen LogP contribution >= 0.6 is 0 Å². The third kappa shape index (κ3) is 6.35. The van der Waals surface area contributed by atoms with E-state index in [4.69, 9.17) is 14.3 Å². The number of nitrogens with zero attached hydrogens (tertiary/aromatic N) is 2. The van der Waals surface area contributed by atoms with Crippen LogP contribution in [0.25, 0.3) is 11.5 Å². The van der Waals surface area contributed by atoms with Gasteiger partial charge >= 0.3 is 12.1 Å². The highest BCUT2D eigenvalue weighted by molar-refractivity contribution is 5.73. The van der Waals surface area contributed by atoms with Gasteiger partial charge in [-0.1, -0.05) is 32.9 Å². The largest absolute Gasteiger partial charge is 0.490 e. The van der Waals surface area contributed by atoms with Gasteiger partial charge in [-0.3, -0.25) is 0 Å². The molecule has 0 atom stereocenters. The van der Waals surface area contributed by atoms with Crippen molar-refractivity contribution in [3.8, 4) is 11.5 Å². The molecule has 1 aliphatic heterocycles. The van der Waals surface area contributed by atoms with Crippen molar-refractivity contribution in [1.29, 1.82) is 0 Å². The fourth-order valence-corrected chi connectivity index (χ4v) is 2.32. The van der Waals surface area contributed by atoms with Gasteiger partial charge in [-0.05, 0) is 23.1 Å². The summed E-state index contributed by atoms with van der Waals surface area (Å²) in [6, 6.07) is 8.47. The summed E-state index contributed by atoms with van der Waals surface area (Å²) < 4.78 is 37.5. The summed E-state index contributed by atoms with van der Waals surface area (Å²) in [5, 5.41) is 18.7. The minimum atomic E-state index is -5.08. The molecule has 3 rings (SSSR count). The topological polar surface area (TPSA) is 88.3 Å². The molecule has 0 saturated carbocycles. The minimum absolute atomic E-state index is 0.158. The van der Waals surface area contributed by atoms with Crippen LogP contribution in [0.5, 0.6) is 0 Å².